The number of amides is 1. The van der Waals surface area contributed by atoms with Gasteiger partial charge in [0.15, 0.2) is 0 Å². The van der Waals surface area contributed by atoms with E-state index in [-0.39, 0.29) is 5.91 Å². The van der Waals surface area contributed by atoms with Crippen molar-refractivity contribution in [2.24, 2.45) is 0 Å². The molecule has 0 aliphatic rings. The number of carbonyl (C=O) groups is 1. The van der Waals surface area contributed by atoms with E-state index in [0.717, 1.165) is 0 Å². The molecule has 0 fully saturated rings. The van der Waals surface area contributed by atoms with Crippen molar-refractivity contribution in [3.63, 3.8) is 0 Å². The number of benzene rings is 1. The maximum absolute atomic E-state index is 10.6. The van der Waals surface area contributed by atoms with Crippen LogP contribution in [0.5, 0.6) is 0 Å². The molecule has 1 amide bonds. The summed E-state index contributed by atoms with van der Waals surface area (Å²) in [6.45, 7) is 1.89. The standard InChI is InChI=1S/C11H12Cl2N2O/c1-7(16)15-4-2-3-9-10(12)5-8(14)6-11(9)13/h2-3,5-6H,4,14H2,1H3,(H,15,16). The summed E-state index contributed by atoms with van der Waals surface area (Å²) < 4.78 is 0. The molecule has 0 aliphatic heterocycles. The summed E-state index contributed by atoms with van der Waals surface area (Å²) in [6, 6.07) is 3.26. The van der Waals surface area contributed by atoms with E-state index in [0.29, 0.717) is 27.8 Å². The van der Waals surface area contributed by atoms with Crippen LogP contribution >= 0.6 is 23.2 Å². The molecule has 0 radical (unpaired) electrons. The average Bonchev–Trinajstić information content (AvgIpc) is 2.14. The Bertz CT molecular complexity index is 407. The van der Waals surface area contributed by atoms with Gasteiger partial charge in [-0.1, -0.05) is 35.4 Å². The van der Waals surface area contributed by atoms with Crippen molar-refractivity contribution in [1.29, 1.82) is 0 Å². The third-order valence-corrected chi connectivity index (χ3v) is 2.48. The quantitative estimate of drug-likeness (QED) is 0.820. The molecule has 5 heteroatoms. The smallest absolute Gasteiger partial charge is 0.217 e. The van der Waals surface area contributed by atoms with Gasteiger partial charge in [0.1, 0.15) is 0 Å². The number of anilines is 1. The lowest BCUT2D eigenvalue weighted by Gasteiger charge is -2.03. The van der Waals surface area contributed by atoms with Crippen molar-refractivity contribution < 1.29 is 4.79 Å². The summed E-state index contributed by atoms with van der Waals surface area (Å²) in [5.74, 6) is -0.0841. The third-order valence-electron chi connectivity index (χ3n) is 1.85. The average molecular weight is 259 g/mol. The van der Waals surface area contributed by atoms with Gasteiger partial charge in [-0.25, -0.2) is 0 Å². The molecule has 0 aromatic heterocycles. The number of halogens is 2. The van der Waals surface area contributed by atoms with Gasteiger partial charge in [-0.2, -0.15) is 0 Å². The monoisotopic (exact) mass is 258 g/mol. The number of rotatable bonds is 3. The van der Waals surface area contributed by atoms with Crippen molar-refractivity contribution in [3.05, 3.63) is 33.8 Å². The maximum Gasteiger partial charge on any atom is 0.217 e. The molecule has 86 valence electrons. The number of nitrogens with one attached hydrogen (secondary N) is 1. The highest BCUT2D eigenvalue weighted by Gasteiger charge is 2.03. The lowest BCUT2D eigenvalue weighted by molar-refractivity contribution is -0.118. The Hall–Kier alpha value is -1.19. The summed E-state index contributed by atoms with van der Waals surface area (Å²) in [6.07, 6.45) is 3.52. The topological polar surface area (TPSA) is 55.1 Å². The lowest BCUT2D eigenvalue weighted by atomic mass is 10.2. The zero-order chi connectivity index (χ0) is 12.1. The number of nitrogen functional groups attached to an aromatic ring is 1. The SMILES string of the molecule is CC(=O)NCC=Cc1c(Cl)cc(N)cc1Cl. The Morgan fingerprint density at radius 3 is 2.50 bits per heavy atom. The molecule has 16 heavy (non-hydrogen) atoms. The minimum absolute atomic E-state index is 0.0841. The van der Waals surface area contributed by atoms with E-state index in [9.17, 15) is 4.79 Å². The summed E-state index contributed by atoms with van der Waals surface area (Å²) in [5, 5.41) is 3.61. The van der Waals surface area contributed by atoms with Gasteiger partial charge in [0.05, 0.1) is 10.0 Å². The van der Waals surface area contributed by atoms with Crippen LogP contribution in [0.3, 0.4) is 0 Å². The van der Waals surface area contributed by atoms with Gasteiger partial charge >= 0.3 is 0 Å². The van der Waals surface area contributed by atoms with Crippen LogP contribution in [-0.4, -0.2) is 12.5 Å². The van der Waals surface area contributed by atoms with Crippen LogP contribution in [0.1, 0.15) is 12.5 Å². The second kappa shape index (κ2) is 5.77. The third kappa shape index (κ3) is 3.76. The van der Waals surface area contributed by atoms with Crippen LogP contribution in [-0.2, 0) is 4.79 Å². The Morgan fingerprint density at radius 1 is 1.44 bits per heavy atom. The van der Waals surface area contributed by atoms with E-state index in [4.69, 9.17) is 28.9 Å². The molecule has 0 saturated heterocycles. The minimum Gasteiger partial charge on any atom is -0.399 e. The molecular weight excluding hydrogens is 247 g/mol. The van der Waals surface area contributed by atoms with Gasteiger partial charge in [-0.3, -0.25) is 4.79 Å². The molecule has 1 aromatic carbocycles. The van der Waals surface area contributed by atoms with E-state index < -0.39 is 0 Å². The molecule has 3 nitrogen and oxygen atoms in total. The summed E-state index contributed by atoms with van der Waals surface area (Å²) in [7, 11) is 0. The lowest BCUT2D eigenvalue weighted by Crippen LogP contribution is -2.19. The summed E-state index contributed by atoms with van der Waals surface area (Å²) in [5.41, 5.74) is 6.79. The van der Waals surface area contributed by atoms with Gasteiger partial charge < -0.3 is 11.1 Å². The van der Waals surface area contributed by atoms with Gasteiger partial charge in [0.2, 0.25) is 5.91 Å². The van der Waals surface area contributed by atoms with Gasteiger partial charge in [0.25, 0.3) is 0 Å². The first-order valence-corrected chi connectivity index (χ1v) is 5.42. The first-order valence-electron chi connectivity index (χ1n) is 4.66. The van der Waals surface area contributed by atoms with Crippen molar-refractivity contribution in [2.45, 2.75) is 6.92 Å². The van der Waals surface area contributed by atoms with Crippen LogP contribution in [0.15, 0.2) is 18.2 Å². The molecule has 0 atom stereocenters. The minimum atomic E-state index is -0.0841. The summed E-state index contributed by atoms with van der Waals surface area (Å²) in [4.78, 5) is 10.6. The molecule has 0 saturated carbocycles. The largest absolute Gasteiger partial charge is 0.399 e. The van der Waals surface area contributed by atoms with Crippen molar-refractivity contribution >= 4 is 40.9 Å². The first-order chi connectivity index (χ1) is 7.50. The molecule has 1 rings (SSSR count). The molecule has 0 unspecified atom stereocenters. The fraction of sp³-hybridized carbons (Fsp3) is 0.182. The fourth-order valence-electron chi connectivity index (χ4n) is 1.14. The number of nitrogens with two attached hydrogens (primary N) is 1. The number of hydrogen-bond acceptors (Lipinski definition) is 2. The van der Waals surface area contributed by atoms with Crippen molar-refractivity contribution in [2.75, 3.05) is 12.3 Å². The highest BCUT2D eigenvalue weighted by Crippen LogP contribution is 2.28. The predicted octanol–water partition coefficient (Wildman–Crippen LogP) is 2.72. The van der Waals surface area contributed by atoms with Gasteiger partial charge in [-0.15, -0.1) is 0 Å². The van der Waals surface area contributed by atoms with Crippen molar-refractivity contribution in [3.8, 4) is 0 Å². The normalized spacial score (nSPS) is 10.7. The van der Waals surface area contributed by atoms with E-state index in [2.05, 4.69) is 5.32 Å². The highest BCUT2D eigenvalue weighted by atomic mass is 35.5. The van der Waals surface area contributed by atoms with E-state index >= 15 is 0 Å². The zero-order valence-electron chi connectivity index (χ0n) is 8.76. The maximum atomic E-state index is 10.6. The van der Waals surface area contributed by atoms with Crippen LogP contribution < -0.4 is 11.1 Å². The molecular formula is C11H12Cl2N2O. The van der Waals surface area contributed by atoms with Gasteiger partial charge in [-0.05, 0) is 12.1 Å². The second-order valence-electron chi connectivity index (χ2n) is 3.24. The highest BCUT2D eigenvalue weighted by molar-refractivity contribution is 6.37. The molecule has 0 spiro atoms. The van der Waals surface area contributed by atoms with Gasteiger partial charge in [0, 0.05) is 24.7 Å². The fourth-order valence-corrected chi connectivity index (χ4v) is 1.77. The van der Waals surface area contributed by atoms with Crippen molar-refractivity contribution in [1.82, 2.24) is 5.32 Å². The first kappa shape index (κ1) is 12.9. The Kier molecular flexibility index (Phi) is 4.65. The molecule has 0 bridgehead atoms. The van der Waals surface area contributed by atoms with E-state index in [1.165, 1.54) is 6.92 Å². The molecule has 3 N–H and O–H groups in total. The number of hydrogen-bond donors (Lipinski definition) is 2. The zero-order valence-corrected chi connectivity index (χ0v) is 10.3. The van der Waals surface area contributed by atoms with Crippen LogP contribution in [0.2, 0.25) is 10.0 Å². The Labute approximate surface area is 104 Å². The predicted molar refractivity (Wildman–Crippen MR) is 68.6 cm³/mol. The number of carbonyl (C=O) groups excluding carboxylic acids is 1. The molecule has 0 aliphatic carbocycles. The Balaban J connectivity index is 2.77. The van der Waals surface area contributed by atoms with Crippen LogP contribution in [0, 0.1) is 0 Å². The summed E-state index contributed by atoms with van der Waals surface area (Å²) >= 11 is 11.9. The second-order valence-corrected chi connectivity index (χ2v) is 4.05. The van der Waals surface area contributed by atoms with E-state index in [1.54, 1.807) is 24.3 Å². The molecule has 1 aromatic rings. The van der Waals surface area contributed by atoms with E-state index in [1.807, 2.05) is 0 Å². The van der Waals surface area contributed by atoms with Crippen LogP contribution in [0.4, 0.5) is 5.69 Å². The molecule has 0 heterocycles. The Morgan fingerprint density at radius 2 is 2.00 bits per heavy atom. The van der Waals surface area contributed by atoms with Crippen LogP contribution in [0.25, 0.3) is 6.08 Å².